The molecule has 2 aromatic carbocycles. The van der Waals surface area contributed by atoms with Crippen molar-refractivity contribution in [3.8, 4) is 23.0 Å². The maximum absolute atomic E-state index is 12.4. The van der Waals surface area contributed by atoms with Crippen LogP contribution in [0.5, 0.6) is 23.0 Å². The number of benzene rings is 2. The Morgan fingerprint density at radius 1 is 1.00 bits per heavy atom. The van der Waals surface area contributed by atoms with E-state index in [9.17, 15) is 4.79 Å². The minimum absolute atomic E-state index is 0.0903. The van der Waals surface area contributed by atoms with Gasteiger partial charge in [-0.1, -0.05) is 6.07 Å². The monoisotopic (exact) mass is 397 g/mol. The first kappa shape index (κ1) is 20.1. The van der Waals surface area contributed by atoms with Crippen molar-refractivity contribution in [3.05, 3.63) is 60.4 Å². The summed E-state index contributed by atoms with van der Waals surface area (Å²) in [7, 11) is 3.11. The van der Waals surface area contributed by atoms with Crippen molar-refractivity contribution >= 4 is 11.6 Å². The molecule has 8 heteroatoms. The van der Waals surface area contributed by atoms with E-state index >= 15 is 0 Å². The summed E-state index contributed by atoms with van der Waals surface area (Å²) in [5.74, 6) is 1.99. The van der Waals surface area contributed by atoms with E-state index < -0.39 is 0 Å². The lowest BCUT2D eigenvalue weighted by Crippen LogP contribution is -2.14. The van der Waals surface area contributed by atoms with Crippen LogP contribution in [-0.2, 0) is 6.73 Å². The zero-order valence-electron chi connectivity index (χ0n) is 16.5. The van der Waals surface area contributed by atoms with Crippen LogP contribution in [0, 0.1) is 0 Å². The van der Waals surface area contributed by atoms with Gasteiger partial charge in [-0.15, -0.1) is 0 Å². The molecule has 29 heavy (non-hydrogen) atoms. The van der Waals surface area contributed by atoms with Gasteiger partial charge in [0.25, 0.3) is 5.91 Å². The fourth-order valence-corrected chi connectivity index (χ4v) is 2.64. The van der Waals surface area contributed by atoms with Crippen LogP contribution in [0.3, 0.4) is 0 Å². The van der Waals surface area contributed by atoms with Crippen molar-refractivity contribution in [2.45, 2.75) is 13.7 Å². The van der Waals surface area contributed by atoms with Gasteiger partial charge in [0.2, 0.25) is 5.75 Å². The molecule has 1 aromatic heterocycles. The zero-order valence-corrected chi connectivity index (χ0v) is 16.5. The summed E-state index contributed by atoms with van der Waals surface area (Å²) in [4.78, 5) is 12.4. The van der Waals surface area contributed by atoms with Crippen LogP contribution in [0.1, 0.15) is 17.4 Å². The predicted molar refractivity (Wildman–Crippen MR) is 108 cm³/mol. The van der Waals surface area contributed by atoms with E-state index in [0.717, 1.165) is 5.75 Å². The molecule has 1 heterocycles. The summed E-state index contributed by atoms with van der Waals surface area (Å²) in [6.45, 7) is 2.60. The summed E-state index contributed by atoms with van der Waals surface area (Å²) in [6.07, 6.45) is 1.66. The Hall–Kier alpha value is -3.68. The lowest BCUT2D eigenvalue weighted by Gasteiger charge is -2.13. The Morgan fingerprint density at radius 3 is 2.31 bits per heavy atom. The van der Waals surface area contributed by atoms with Crippen molar-refractivity contribution in [3.63, 3.8) is 0 Å². The van der Waals surface area contributed by atoms with Crippen LogP contribution >= 0.6 is 0 Å². The minimum Gasteiger partial charge on any atom is -0.494 e. The molecule has 0 aliphatic carbocycles. The Bertz CT molecular complexity index is 931. The highest BCUT2D eigenvalue weighted by atomic mass is 16.5. The van der Waals surface area contributed by atoms with Gasteiger partial charge in [0, 0.05) is 11.9 Å². The number of hydrogen-bond acceptors (Lipinski definition) is 6. The Balaban J connectivity index is 1.63. The molecule has 0 bridgehead atoms. The molecule has 0 spiro atoms. The third-order valence-corrected chi connectivity index (χ3v) is 4.02. The molecule has 0 aliphatic rings. The quantitative estimate of drug-likeness (QED) is 0.594. The molecule has 0 saturated heterocycles. The molecule has 0 unspecified atom stereocenters. The van der Waals surface area contributed by atoms with Crippen LogP contribution in [0.25, 0.3) is 0 Å². The number of rotatable bonds is 9. The van der Waals surface area contributed by atoms with Crippen molar-refractivity contribution < 1.29 is 23.7 Å². The van der Waals surface area contributed by atoms with E-state index in [2.05, 4.69) is 10.4 Å². The Kier molecular flexibility index (Phi) is 6.57. The maximum Gasteiger partial charge on any atom is 0.276 e. The fourth-order valence-electron chi connectivity index (χ4n) is 2.64. The fraction of sp³-hybridized carbons (Fsp3) is 0.238. The van der Waals surface area contributed by atoms with Gasteiger partial charge in [-0.25, -0.2) is 4.68 Å². The lowest BCUT2D eigenvalue weighted by molar-refractivity contribution is 0.102. The Labute approximate surface area is 169 Å². The summed E-state index contributed by atoms with van der Waals surface area (Å²) >= 11 is 0. The van der Waals surface area contributed by atoms with Gasteiger partial charge in [0.15, 0.2) is 23.9 Å². The molecule has 0 aliphatic heterocycles. The second-order valence-corrected chi connectivity index (χ2v) is 5.92. The number of amides is 1. The van der Waals surface area contributed by atoms with Crippen molar-refractivity contribution in [2.24, 2.45) is 0 Å². The first-order chi connectivity index (χ1) is 14.1. The number of methoxy groups -OCH3 is 2. The molecular weight excluding hydrogens is 374 g/mol. The molecular formula is C21H23N3O5. The molecule has 152 valence electrons. The molecule has 1 N–H and O–H groups in total. The Morgan fingerprint density at radius 2 is 1.69 bits per heavy atom. The van der Waals surface area contributed by atoms with Crippen LogP contribution in [0.4, 0.5) is 5.69 Å². The molecule has 0 fully saturated rings. The molecule has 0 atom stereocenters. The van der Waals surface area contributed by atoms with Gasteiger partial charge >= 0.3 is 0 Å². The van der Waals surface area contributed by atoms with E-state index in [1.807, 2.05) is 13.0 Å². The largest absolute Gasteiger partial charge is 0.494 e. The second kappa shape index (κ2) is 9.50. The van der Waals surface area contributed by atoms with E-state index in [0.29, 0.717) is 29.5 Å². The molecule has 0 saturated carbocycles. The molecule has 8 nitrogen and oxygen atoms in total. The first-order valence-corrected chi connectivity index (χ1v) is 9.06. The number of hydrogen-bond donors (Lipinski definition) is 1. The average Bonchev–Trinajstić information content (AvgIpc) is 3.22. The van der Waals surface area contributed by atoms with Gasteiger partial charge < -0.3 is 24.3 Å². The van der Waals surface area contributed by atoms with Gasteiger partial charge in [0.1, 0.15) is 5.75 Å². The average molecular weight is 397 g/mol. The van der Waals surface area contributed by atoms with Crippen LogP contribution in [0.15, 0.2) is 54.7 Å². The summed E-state index contributed by atoms with van der Waals surface area (Å²) in [5, 5.41) is 7.05. The van der Waals surface area contributed by atoms with Crippen LogP contribution in [-0.4, -0.2) is 36.5 Å². The summed E-state index contributed by atoms with van der Waals surface area (Å²) in [6, 6.07) is 14.1. The third-order valence-electron chi connectivity index (χ3n) is 4.02. The number of aromatic nitrogens is 2. The first-order valence-electron chi connectivity index (χ1n) is 9.06. The SMILES string of the molecule is CCOc1ccc(NC(=O)c2ccn(COc3c(OC)cccc3OC)n2)cc1. The zero-order chi connectivity index (χ0) is 20.6. The third kappa shape index (κ3) is 4.98. The molecule has 0 radical (unpaired) electrons. The van der Waals surface area contributed by atoms with Gasteiger partial charge in [0.05, 0.1) is 20.8 Å². The van der Waals surface area contributed by atoms with Crippen molar-refractivity contribution in [2.75, 3.05) is 26.1 Å². The van der Waals surface area contributed by atoms with Crippen molar-refractivity contribution in [1.29, 1.82) is 0 Å². The number of nitrogens with zero attached hydrogens (tertiary/aromatic N) is 2. The summed E-state index contributed by atoms with van der Waals surface area (Å²) < 4.78 is 23.3. The maximum atomic E-state index is 12.4. The minimum atomic E-state index is -0.317. The van der Waals surface area contributed by atoms with Gasteiger partial charge in [-0.3, -0.25) is 4.79 Å². The summed E-state index contributed by atoms with van der Waals surface area (Å²) in [5.41, 5.74) is 0.928. The molecule has 1 amide bonds. The highest BCUT2D eigenvalue weighted by Crippen LogP contribution is 2.36. The number of ether oxygens (including phenoxy) is 4. The highest BCUT2D eigenvalue weighted by Gasteiger charge is 2.13. The normalized spacial score (nSPS) is 10.3. The standard InChI is InChI=1S/C21H23N3O5/c1-4-28-16-10-8-15(9-11-16)22-21(25)17-12-13-24(23-17)14-29-20-18(26-2)6-5-7-19(20)27-3/h5-13H,4,14H2,1-3H3,(H,22,25). The molecule has 3 rings (SSSR count). The van der Waals surface area contributed by atoms with Crippen LogP contribution < -0.4 is 24.3 Å². The number of para-hydroxylation sites is 1. The number of carbonyl (C=O) groups excluding carboxylic acids is 1. The topological polar surface area (TPSA) is 83.8 Å². The number of nitrogens with one attached hydrogen (secondary N) is 1. The van der Waals surface area contributed by atoms with Crippen molar-refractivity contribution in [1.82, 2.24) is 9.78 Å². The second-order valence-electron chi connectivity index (χ2n) is 5.92. The number of anilines is 1. The van der Waals surface area contributed by atoms with E-state index in [4.69, 9.17) is 18.9 Å². The van der Waals surface area contributed by atoms with Gasteiger partial charge in [-0.2, -0.15) is 5.10 Å². The van der Waals surface area contributed by atoms with E-state index in [-0.39, 0.29) is 18.3 Å². The highest BCUT2D eigenvalue weighted by molar-refractivity contribution is 6.02. The van der Waals surface area contributed by atoms with E-state index in [1.165, 1.54) is 4.68 Å². The smallest absolute Gasteiger partial charge is 0.276 e. The predicted octanol–water partition coefficient (Wildman–Crippen LogP) is 3.59. The van der Waals surface area contributed by atoms with Gasteiger partial charge in [-0.05, 0) is 49.4 Å². The lowest BCUT2D eigenvalue weighted by atomic mass is 10.3. The molecule has 3 aromatic rings. The number of carbonyl (C=O) groups is 1. The van der Waals surface area contributed by atoms with Crippen LogP contribution in [0.2, 0.25) is 0 Å². The van der Waals surface area contributed by atoms with E-state index in [1.54, 1.807) is 62.9 Å².